The quantitative estimate of drug-likeness (QED) is 0.311. The van der Waals surface area contributed by atoms with Gasteiger partial charge in [-0.2, -0.15) is 0 Å². The van der Waals surface area contributed by atoms with E-state index in [9.17, 15) is 19.2 Å². The van der Waals surface area contributed by atoms with Crippen LogP contribution in [0.4, 0.5) is 0 Å². The highest BCUT2D eigenvalue weighted by molar-refractivity contribution is 5.95. The Balaban J connectivity index is 4.37. The smallest absolute Gasteiger partial charge is 0.330 e. The minimum absolute atomic E-state index is 0.208. The number of nitrogens with two attached hydrogens (primary N) is 1. The number of aliphatic carboxylic acids is 1. The lowest BCUT2D eigenvalue weighted by Crippen LogP contribution is -2.53. The minimum atomic E-state index is -1.17. The second-order valence-corrected chi connectivity index (χ2v) is 4.78. The summed E-state index contributed by atoms with van der Waals surface area (Å²) in [6, 6.07) is -2.18. The summed E-state index contributed by atoms with van der Waals surface area (Å²) in [4.78, 5) is 44.8. The van der Waals surface area contributed by atoms with Gasteiger partial charge in [0.1, 0.15) is 12.1 Å². The molecule has 0 saturated heterocycles. The van der Waals surface area contributed by atoms with Crippen molar-refractivity contribution in [3.8, 4) is 0 Å². The lowest BCUT2D eigenvalue weighted by Gasteiger charge is -2.20. The third-order valence-corrected chi connectivity index (χ3v) is 2.64. The van der Waals surface area contributed by atoms with Crippen molar-refractivity contribution in [2.45, 2.75) is 25.9 Å². The fraction of sp³-hybridized carbons (Fsp3) is 0.538. The van der Waals surface area contributed by atoms with E-state index in [1.54, 1.807) is 13.8 Å². The monoisotopic (exact) mass is 315 g/mol. The molecule has 2 amide bonds. The van der Waals surface area contributed by atoms with Crippen LogP contribution < -0.4 is 16.4 Å². The third-order valence-electron chi connectivity index (χ3n) is 2.64. The highest BCUT2D eigenvalue weighted by atomic mass is 16.5. The zero-order valence-corrected chi connectivity index (χ0v) is 12.7. The average Bonchev–Trinajstić information content (AvgIpc) is 2.46. The molecule has 0 aliphatic heterocycles. The van der Waals surface area contributed by atoms with Crippen LogP contribution in [-0.4, -0.2) is 54.6 Å². The fourth-order valence-corrected chi connectivity index (χ4v) is 1.35. The molecule has 2 atom stereocenters. The van der Waals surface area contributed by atoms with Gasteiger partial charge in [-0.05, 0) is 5.92 Å². The SMILES string of the molecule is COC(=O)/C=C/C(=O)NCC(N)C(=O)N[C@H](C(=O)O)C(C)C. The Kier molecular flexibility index (Phi) is 8.46. The first-order chi connectivity index (χ1) is 10.2. The van der Waals surface area contributed by atoms with E-state index in [0.717, 1.165) is 12.2 Å². The van der Waals surface area contributed by atoms with Crippen LogP contribution in [0.3, 0.4) is 0 Å². The lowest BCUT2D eigenvalue weighted by atomic mass is 10.0. The van der Waals surface area contributed by atoms with E-state index in [0.29, 0.717) is 0 Å². The molecule has 5 N–H and O–H groups in total. The minimum Gasteiger partial charge on any atom is -0.480 e. The molecular weight excluding hydrogens is 294 g/mol. The third kappa shape index (κ3) is 7.39. The summed E-state index contributed by atoms with van der Waals surface area (Å²) in [5, 5.41) is 13.6. The van der Waals surface area contributed by atoms with Crippen molar-refractivity contribution in [1.29, 1.82) is 0 Å². The normalized spacial score (nSPS) is 13.5. The first-order valence-electron chi connectivity index (χ1n) is 6.51. The predicted octanol–water partition coefficient (Wildman–Crippen LogP) is -1.62. The molecule has 9 nitrogen and oxygen atoms in total. The maximum atomic E-state index is 11.7. The molecular formula is C13H21N3O6. The van der Waals surface area contributed by atoms with Gasteiger partial charge < -0.3 is 26.2 Å². The van der Waals surface area contributed by atoms with E-state index >= 15 is 0 Å². The number of esters is 1. The van der Waals surface area contributed by atoms with Crippen LogP contribution in [0.15, 0.2) is 12.2 Å². The van der Waals surface area contributed by atoms with Gasteiger partial charge in [0, 0.05) is 18.7 Å². The summed E-state index contributed by atoms with van der Waals surface area (Å²) in [6.45, 7) is 3.08. The standard InChI is InChI=1S/C13H21N3O6/c1-7(2)11(13(20)21)16-12(19)8(14)6-15-9(17)4-5-10(18)22-3/h4-5,7-8,11H,6,14H2,1-3H3,(H,15,17)(H,16,19)(H,20,21)/b5-4+/t8?,11-/m0/s1. The molecule has 0 heterocycles. The summed E-state index contributed by atoms with van der Waals surface area (Å²) in [6.07, 6.45) is 1.85. The molecule has 22 heavy (non-hydrogen) atoms. The molecule has 0 radical (unpaired) electrons. The number of carboxylic acids is 1. The molecule has 0 bridgehead atoms. The van der Waals surface area contributed by atoms with E-state index in [2.05, 4.69) is 15.4 Å². The van der Waals surface area contributed by atoms with Crippen molar-refractivity contribution in [2.75, 3.05) is 13.7 Å². The molecule has 0 aliphatic rings. The van der Waals surface area contributed by atoms with E-state index in [4.69, 9.17) is 10.8 Å². The largest absolute Gasteiger partial charge is 0.480 e. The van der Waals surface area contributed by atoms with Gasteiger partial charge in [0.05, 0.1) is 7.11 Å². The molecule has 0 aromatic carbocycles. The Morgan fingerprint density at radius 3 is 2.27 bits per heavy atom. The first-order valence-corrected chi connectivity index (χ1v) is 6.51. The number of carboxylic acid groups (broad SMARTS) is 1. The highest BCUT2D eigenvalue weighted by Crippen LogP contribution is 2.01. The van der Waals surface area contributed by atoms with Crippen molar-refractivity contribution in [2.24, 2.45) is 11.7 Å². The van der Waals surface area contributed by atoms with Crippen molar-refractivity contribution >= 4 is 23.8 Å². The van der Waals surface area contributed by atoms with E-state index in [-0.39, 0.29) is 12.5 Å². The average molecular weight is 315 g/mol. The number of ether oxygens (including phenoxy) is 1. The van der Waals surface area contributed by atoms with Crippen LogP contribution in [0, 0.1) is 5.92 Å². The highest BCUT2D eigenvalue weighted by Gasteiger charge is 2.25. The van der Waals surface area contributed by atoms with Gasteiger partial charge in [-0.15, -0.1) is 0 Å². The van der Waals surface area contributed by atoms with Crippen LogP contribution in [0.1, 0.15) is 13.8 Å². The van der Waals surface area contributed by atoms with Gasteiger partial charge in [0.2, 0.25) is 11.8 Å². The second kappa shape index (κ2) is 9.50. The van der Waals surface area contributed by atoms with Crippen molar-refractivity contribution in [3.63, 3.8) is 0 Å². The maximum Gasteiger partial charge on any atom is 0.330 e. The lowest BCUT2D eigenvalue weighted by molar-refractivity contribution is -0.143. The zero-order chi connectivity index (χ0) is 17.3. The van der Waals surface area contributed by atoms with Crippen molar-refractivity contribution < 1.29 is 29.0 Å². The maximum absolute atomic E-state index is 11.7. The van der Waals surface area contributed by atoms with Crippen LogP contribution in [0.2, 0.25) is 0 Å². The van der Waals surface area contributed by atoms with E-state index < -0.39 is 35.8 Å². The summed E-state index contributed by atoms with van der Waals surface area (Å²) < 4.78 is 4.30. The number of methoxy groups -OCH3 is 1. The number of hydrogen-bond donors (Lipinski definition) is 4. The van der Waals surface area contributed by atoms with Crippen LogP contribution >= 0.6 is 0 Å². The Morgan fingerprint density at radius 1 is 1.23 bits per heavy atom. The van der Waals surface area contributed by atoms with Gasteiger partial charge in [-0.25, -0.2) is 9.59 Å². The number of carbonyl (C=O) groups excluding carboxylic acids is 3. The number of carbonyl (C=O) groups is 4. The second-order valence-electron chi connectivity index (χ2n) is 4.78. The Hall–Kier alpha value is -2.42. The molecule has 0 aliphatic carbocycles. The summed E-state index contributed by atoms with van der Waals surface area (Å²) in [7, 11) is 1.17. The number of nitrogens with one attached hydrogen (secondary N) is 2. The molecule has 0 aromatic heterocycles. The summed E-state index contributed by atoms with van der Waals surface area (Å²) >= 11 is 0. The molecule has 0 spiro atoms. The van der Waals surface area contributed by atoms with Gasteiger partial charge in [-0.1, -0.05) is 13.8 Å². The van der Waals surface area contributed by atoms with Crippen molar-refractivity contribution in [1.82, 2.24) is 10.6 Å². The molecule has 0 aromatic rings. The number of amides is 2. The van der Waals surface area contributed by atoms with Crippen LogP contribution in [0.25, 0.3) is 0 Å². The Labute approximate surface area is 127 Å². The fourth-order valence-electron chi connectivity index (χ4n) is 1.35. The van der Waals surface area contributed by atoms with Crippen molar-refractivity contribution in [3.05, 3.63) is 12.2 Å². The Morgan fingerprint density at radius 2 is 1.82 bits per heavy atom. The predicted molar refractivity (Wildman–Crippen MR) is 76.5 cm³/mol. The molecule has 0 saturated carbocycles. The number of rotatable bonds is 8. The summed E-state index contributed by atoms with van der Waals surface area (Å²) in [5.41, 5.74) is 5.56. The van der Waals surface area contributed by atoms with Gasteiger partial charge in [0.25, 0.3) is 0 Å². The molecule has 0 fully saturated rings. The van der Waals surface area contributed by atoms with Crippen LogP contribution in [0.5, 0.6) is 0 Å². The van der Waals surface area contributed by atoms with Gasteiger partial charge in [-0.3, -0.25) is 9.59 Å². The van der Waals surface area contributed by atoms with Crippen LogP contribution in [-0.2, 0) is 23.9 Å². The molecule has 124 valence electrons. The zero-order valence-electron chi connectivity index (χ0n) is 12.7. The topological polar surface area (TPSA) is 148 Å². The van der Waals surface area contributed by atoms with E-state index in [1.807, 2.05) is 0 Å². The first kappa shape index (κ1) is 19.6. The van der Waals surface area contributed by atoms with Gasteiger partial charge in [0.15, 0.2) is 0 Å². The summed E-state index contributed by atoms with van der Waals surface area (Å²) in [5.74, 6) is -3.50. The Bertz CT molecular complexity index is 461. The molecule has 9 heteroatoms. The van der Waals surface area contributed by atoms with Gasteiger partial charge >= 0.3 is 11.9 Å². The molecule has 0 rings (SSSR count). The number of hydrogen-bond acceptors (Lipinski definition) is 6. The molecule has 1 unspecified atom stereocenters. The van der Waals surface area contributed by atoms with E-state index in [1.165, 1.54) is 7.11 Å².